The fraction of sp³-hybridized carbons (Fsp3) is 0.440. The Morgan fingerprint density at radius 1 is 0.871 bits per heavy atom. The Balaban J connectivity index is 1.46. The maximum Gasteiger partial charge on any atom is 0.250 e. The quantitative estimate of drug-likeness (QED) is 0.738. The van der Waals surface area contributed by atoms with Crippen molar-refractivity contribution in [1.29, 1.82) is 0 Å². The Hall–Kier alpha value is -2.73. The molecule has 0 radical (unpaired) electrons. The van der Waals surface area contributed by atoms with Crippen LogP contribution < -0.4 is 0 Å². The summed E-state index contributed by atoms with van der Waals surface area (Å²) >= 11 is 0. The molecule has 4 rings (SSSR count). The van der Waals surface area contributed by atoms with Crippen molar-refractivity contribution in [3.63, 3.8) is 0 Å². The molecule has 2 fully saturated rings. The van der Waals surface area contributed by atoms with E-state index in [1.54, 1.807) is 4.90 Å². The summed E-state index contributed by atoms with van der Waals surface area (Å²) < 4.78 is 13.2. The van der Waals surface area contributed by atoms with Gasteiger partial charge in [0.2, 0.25) is 11.8 Å². The minimum atomic E-state index is -0.544. The molecule has 31 heavy (non-hydrogen) atoms. The Morgan fingerprint density at radius 2 is 1.65 bits per heavy atom. The van der Waals surface area contributed by atoms with Gasteiger partial charge in [0, 0.05) is 45.7 Å². The molecule has 2 aromatic carbocycles. The molecule has 0 aliphatic carbocycles. The van der Waals surface area contributed by atoms with E-state index >= 15 is 0 Å². The first-order valence-corrected chi connectivity index (χ1v) is 11.2. The molecule has 1 atom stereocenters. The van der Waals surface area contributed by atoms with Crippen LogP contribution in [0.15, 0.2) is 54.6 Å². The highest BCUT2D eigenvalue weighted by Gasteiger charge is 2.35. The standard InChI is InChI=1S/C25H30FN3O2/c26-22-12-10-20(11-13-22)19-27-14-6-15-28(18-17-27)25(31)24(21-7-2-1-3-8-21)29-16-5-4-9-23(29)30/h1-3,7-8,10-13,24H,4-6,9,14-19H2. The van der Waals surface area contributed by atoms with Gasteiger partial charge in [0.05, 0.1) is 0 Å². The topological polar surface area (TPSA) is 43.9 Å². The summed E-state index contributed by atoms with van der Waals surface area (Å²) in [6.45, 7) is 4.34. The molecule has 6 heteroatoms. The highest BCUT2D eigenvalue weighted by atomic mass is 19.1. The molecular weight excluding hydrogens is 393 g/mol. The number of rotatable bonds is 5. The number of amides is 2. The van der Waals surface area contributed by atoms with Crippen molar-refractivity contribution in [2.45, 2.75) is 38.3 Å². The van der Waals surface area contributed by atoms with Crippen LogP contribution in [0.1, 0.15) is 42.9 Å². The van der Waals surface area contributed by atoms with Gasteiger partial charge in [0.25, 0.3) is 0 Å². The normalized spacial score (nSPS) is 19.2. The van der Waals surface area contributed by atoms with Gasteiger partial charge in [-0.25, -0.2) is 4.39 Å². The lowest BCUT2D eigenvalue weighted by Crippen LogP contribution is -2.48. The van der Waals surface area contributed by atoms with E-state index < -0.39 is 6.04 Å². The molecule has 2 aromatic rings. The third-order valence-corrected chi connectivity index (χ3v) is 6.24. The number of benzene rings is 2. The van der Waals surface area contributed by atoms with Crippen molar-refractivity contribution >= 4 is 11.8 Å². The van der Waals surface area contributed by atoms with Gasteiger partial charge in [0.15, 0.2) is 0 Å². The van der Waals surface area contributed by atoms with Gasteiger partial charge in [-0.05, 0) is 42.5 Å². The zero-order valence-corrected chi connectivity index (χ0v) is 17.9. The molecule has 2 aliphatic heterocycles. The fourth-order valence-electron chi connectivity index (χ4n) is 4.56. The van der Waals surface area contributed by atoms with Crippen LogP contribution in [0.4, 0.5) is 4.39 Å². The summed E-state index contributed by atoms with van der Waals surface area (Å²) in [5.74, 6) is -0.137. The Morgan fingerprint density at radius 3 is 2.39 bits per heavy atom. The van der Waals surface area contributed by atoms with Crippen LogP contribution in [0, 0.1) is 5.82 Å². The van der Waals surface area contributed by atoms with Gasteiger partial charge < -0.3 is 9.80 Å². The summed E-state index contributed by atoms with van der Waals surface area (Å²) in [5.41, 5.74) is 1.96. The number of nitrogens with zero attached hydrogens (tertiary/aromatic N) is 3. The number of hydrogen-bond donors (Lipinski definition) is 0. The van der Waals surface area contributed by atoms with E-state index in [1.165, 1.54) is 12.1 Å². The van der Waals surface area contributed by atoms with Crippen molar-refractivity contribution < 1.29 is 14.0 Å². The van der Waals surface area contributed by atoms with Gasteiger partial charge >= 0.3 is 0 Å². The van der Waals surface area contributed by atoms with Crippen molar-refractivity contribution in [1.82, 2.24) is 14.7 Å². The van der Waals surface area contributed by atoms with Crippen LogP contribution in [0.3, 0.4) is 0 Å². The zero-order chi connectivity index (χ0) is 21.6. The number of halogens is 1. The van der Waals surface area contributed by atoms with E-state index in [-0.39, 0.29) is 17.6 Å². The summed E-state index contributed by atoms with van der Waals surface area (Å²) in [7, 11) is 0. The van der Waals surface area contributed by atoms with Gasteiger partial charge in [-0.3, -0.25) is 14.5 Å². The largest absolute Gasteiger partial charge is 0.339 e. The molecule has 164 valence electrons. The Kier molecular flexibility index (Phi) is 6.97. The van der Waals surface area contributed by atoms with Crippen LogP contribution in [0.5, 0.6) is 0 Å². The first kappa shape index (κ1) is 21.5. The number of likely N-dealkylation sites (tertiary alicyclic amines) is 1. The zero-order valence-electron chi connectivity index (χ0n) is 17.9. The van der Waals surface area contributed by atoms with Crippen LogP contribution in [-0.4, -0.2) is 59.2 Å². The van der Waals surface area contributed by atoms with Crippen LogP contribution in [0.2, 0.25) is 0 Å². The van der Waals surface area contributed by atoms with E-state index in [0.29, 0.717) is 26.1 Å². The number of carbonyl (C=O) groups excluding carboxylic acids is 2. The predicted octanol–water partition coefficient (Wildman–Crippen LogP) is 3.61. The van der Waals surface area contributed by atoms with Crippen molar-refractivity contribution in [2.75, 3.05) is 32.7 Å². The third kappa shape index (κ3) is 5.31. The highest BCUT2D eigenvalue weighted by Crippen LogP contribution is 2.28. The molecule has 5 nitrogen and oxygen atoms in total. The minimum Gasteiger partial charge on any atom is -0.339 e. The molecule has 0 saturated carbocycles. The summed E-state index contributed by atoms with van der Waals surface area (Å²) in [4.78, 5) is 32.3. The average molecular weight is 424 g/mol. The number of carbonyl (C=O) groups is 2. The SMILES string of the molecule is O=C(C(c1ccccc1)N1CCCCC1=O)N1CCCN(Cc2ccc(F)cc2)CC1. The molecule has 0 bridgehead atoms. The van der Waals surface area contributed by atoms with Crippen molar-refractivity contribution in [3.05, 3.63) is 71.5 Å². The second-order valence-electron chi connectivity index (χ2n) is 8.44. The summed E-state index contributed by atoms with van der Waals surface area (Å²) in [6.07, 6.45) is 3.23. The maximum absolute atomic E-state index is 13.7. The smallest absolute Gasteiger partial charge is 0.250 e. The molecular formula is C25H30FN3O2. The average Bonchev–Trinajstić information content (AvgIpc) is 3.03. The molecule has 0 aromatic heterocycles. The second-order valence-corrected chi connectivity index (χ2v) is 8.44. The predicted molar refractivity (Wildman–Crippen MR) is 118 cm³/mol. The monoisotopic (exact) mass is 423 g/mol. The minimum absolute atomic E-state index is 0.0186. The van der Waals surface area contributed by atoms with Crippen LogP contribution >= 0.6 is 0 Å². The first-order chi connectivity index (χ1) is 15.1. The molecule has 2 aliphatic rings. The van der Waals surface area contributed by atoms with E-state index in [4.69, 9.17) is 0 Å². The first-order valence-electron chi connectivity index (χ1n) is 11.2. The molecule has 0 N–H and O–H groups in total. The molecule has 2 amide bonds. The lowest BCUT2D eigenvalue weighted by molar-refractivity contribution is -0.147. The van der Waals surface area contributed by atoms with Gasteiger partial charge in [-0.2, -0.15) is 0 Å². The third-order valence-electron chi connectivity index (χ3n) is 6.24. The second kappa shape index (κ2) is 10.1. The van der Waals surface area contributed by atoms with Crippen LogP contribution in [0.25, 0.3) is 0 Å². The van der Waals surface area contributed by atoms with Gasteiger partial charge in [0.1, 0.15) is 11.9 Å². The lowest BCUT2D eigenvalue weighted by atomic mass is 10.00. The maximum atomic E-state index is 13.7. The molecule has 1 unspecified atom stereocenters. The van der Waals surface area contributed by atoms with E-state index in [2.05, 4.69) is 4.90 Å². The Labute approximate surface area is 183 Å². The van der Waals surface area contributed by atoms with Crippen LogP contribution in [-0.2, 0) is 16.1 Å². The highest BCUT2D eigenvalue weighted by molar-refractivity contribution is 5.89. The summed E-state index contributed by atoms with van der Waals surface area (Å²) in [5, 5.41) is 0. The molecule has 2 heterocycles. The summed E-state index contributed by atoms with van der Waals surface area (Å²) in [6, 6.07) is 15.7. The van der Waals surface area contributed by atoms with Gasteiger partial charge in [-0.1, -0.05) is 42.5 Å². The van der Waals surface area contributed by atoms with Crippen molar-refractivity contribution in [3.8, 4) is 0 Å². The lowest BCUT2D eigenvalue weighted by Gasteiger charge is -2.37. The van der Waals surface area contributed by atoms with E-state index in [0.717, 1.165) is 50.0 Å². The molecule has 2 saturated heterocycles. The number of piperidine rings is 1. The fourth-order valence-corrected chi connectivity index (χ4v) is 4.56. The van der Waals surface area contributed by atoms with Gasteiger partial charge in [-0.15, -0.1) is 0 Å². The van der Waals surface area contributed by atoms with E-state index in [1.807, 2.05) is 47.4 Å². The van der Waals surface area contributed by atoms with E-state index in [9.17, 15) is 14.0 Å². The number of hydrogen-bond acceptors (Lipinski definition) is 3. The molecule has 0 spiro atoms. The van der Waals surface area contributed by atoms with Crippen molar-refractivity contribution in [2.24, 2.45) is 0 Å². The Bertz CT molecular complexity index is 887.